The number of para-hydroxylation sites is 1. The highest BCUT2D eigenvalue weighted by Crippen LogP contribution is 2.40. The number of nitrogens with zero attached hydrogens (tertiary/aromatic N) is 3. The molecule has 0 bridgehead atoms. The second kappa shape index (κ2) is 9.06. The third kappa shape index (κ3) is 3.82. The Morgan fingerprint density at radius 2 is 1.60 bits per heavy atom. The van der Waals surface area contributed by atoms with Gasteiger partial charge in [-0.2, -0.15) is 4.98 Å². The van der Waals surface area contributed by atoms with Crippen molar-refractivity contribution in [1.29, 1.82) is 0 Å². The molecule has 8 nitrogen and oxygen atoms in total. The van der Waals surface area contributed by atoms with E-state index in [-0.39, 0.29) is 0 Å². The molecule has 0 aliphatic carbocycles. The smallest absolute Gasteiger partial charge is 0.229 e. The van der Waals surface area contributed by atoms with Crippen molar-refractivity contribution in [3.8, 4) is 28.4 Å². The molecular formula is C27H27N5O3. The van der Waals surface area contributed by atoms with E-state index in [1.54, 1.807) is 39.7 Å². The summed E-state index contributed by atoms with van der Waals surface area (Å²) in [4.78, 5) is 9.03. The zero-order valence-electron chi connectivity index (χ0n) is 20.1. The average molecular weight is 470 g/mol. The van der Waals surface area contributed by atoms with Gasteiger partial charge in [0, 0.05) is 52.2 Å². The number of ether oxygens (including phenoxy) is 3. The number of hydrogen-bond donors (Lipinski definition) is 2. The highest BCUT2D eigenvalue weighted by molar-refractivity contribution is 6.09. The number of aryl methyl sites for hydroxylation is 1. The van der Waals surface area contributed by atoms with Crippen molar-refractivity contribution in [2.75, 3.05) is 32.4 Å². The zero-order valence-corrected chi connectivity index (χ0v) is 20.1. The zero-order chi connectivity index (χ0) is 24.5. The van der Waals surface area contributed by atoms with E-state index >= 15 is 0 Å². The quantitative estimate of drug-likeness (QED) is 0.319. The van der Waals surface area contributed by atoms with E-state index in [4.69, 9.17) is 19.9 Å². The lowest BCUT2D eigenvalue weighted by Crippen LogP contribution is -2.05. The normalized spacial score (nSPS) is 11.1. The molecule has 0 amide bonds. The van der Waals surface area contributed by atoms with E-state index in [1.165, 1.54) is 21.8 Å². The number of nitrogens with two attached hydrogens (primary N) is 1. The molecule has 5 aromatic rings. The molecule has 3 aromatic carbocycles. The average Bonchev–Trinajstić information content (AvgIpc) is 3.21. The van der Waals surface area contributed by atoms with Crippen LogP contribution in [0.1, 0.15) is 6.92 Å². The van der Waals surface area contributed by atoms with Crippen LogP contribution in [0.25, 0.3) is 32.9 Å². The van der Waals surface area contributed by atoms with Crippen LogP contribution < -0.4 is 25.3 Å². The van der Waals surface area contributed by atoms with Gasteiger partial charge in [0.1, 0.15) is 28.8 Å². The lowest BCUT2D eigenvalue weighted by molar-refractivity contribution is 0.378. The van der Waals surface area contributed by atoms with Crippen molar-refractivity contribution in [3.05, 3.63) is 60.8 Å². The van der Waals surface area contributed by atoms with Crippen LogP contribution in [0.2, 0.25) is 0 Å². The summed E-state index contributed by atoms with van der Waals surface area (Å²) in [6, 6.07) is 18.3. The van der Waals surface area contributed by atoms with Crippen molar-refractivity contribution in [2.45, 2.75) is 13.5 Å². The van der Waals surface area contributed by atoms with Crippen molar-refractivity contribution in [3.63, 3.8) is 0 Å². The van der Waals surface area contributed by atoms with Gasteiger partial charge in [-0.15, -0.1) is 0 Å². The topological polar surface area (TPSA) is 96.5 Å². The maximum absolute atomic E-state index is 6.40. The molecule has 8 heteroatoms. The van der Waals surface area contributed by atoms with Crippen LogP contribution in [-0.2, 0) is 6.54 Å². The van der Waals surface area contributed by atoms with Gasteiger partial charge in [-0.3, -0.25) is 0 Å². The Morgan fingerprint density at radius 1 is 0.886 bits per heavy atom. The Bertz CT molecular complexity index is 1520. The standard InChI is InChI=1S/C27H27N5O3/c1-5-32-21-9-7-6-8-18(21)19-12-16(10-11-22(19)32)20-15-29-27(31-26(20)28)30-25-23(34-3)13-17(33-2)14-24(25)35-4/h6-15H,5H2,1-4H3,(H3,28,29,30,31). The number of aromatic nitrogens is 3. The summed E-state index contributed by atoms with van der Waals surface area (Å²) in [6.45, 7) is 3.05. The fourth-order valence-corrected chi connectivity index (χ4v) is 4.48. The van der Waals surface area contributed by atoms with Crippen LogP contribution in [0, 0.1) is 0 Å². The molecule has 5 rings (SSSR count). The predicted molar refractivity (Wildman–Crippen MR) is 140 cm³/mol. The molecule has 0 saturated carbocycles. The highest BCUT2D eigenvalue weighted by atomic mass is 16.5. The van der Waals surface area contributed by atoms with E-state index in [0.717, 1.165) is 17.7 Å². The molecule has 2 aromatic heterocycles. The van der Waals surface area contributed by atoms with Gasteiger partial charge in [0.15, 0.2) is 0 Å². The Kier molecular flexibility index (Phi) is 5.78. The van der Waals surface area contributed by atoms with E-state index in [1.807, 2.05) is 0 Å². The van der Waals surface area contributed by atoms with E-state index in [9.17, 15) is 0 Å². The molecule has 0 aliphatic rings. The molecule has 178 valence electrons. The molecule has 0 aliphatic heterocycles. The molecule has 0 fully saturated rings. The van der Waals surface area contributed by atoms with Crippen molar-refractivity contribution in [2.24, 2.45) is 0 Å². The van der Waals surface area contributed by atoms with Crippen molar-refractivity contribution < 1.29 is 14.2 Å². The number of anilines is 3. The lowest BCUT2D eigenvalue weighted by atomic mass is 10.0. The minimum Gasteiger partial charge on any atom is -0.496 e. The first-order chi connectivity index (χ1) is 17.1. The number of nitrogen functional groups attached to an aromatic ring is 1. The summed E-state index contributed by atoms with van der Waals surface area (Å²) in [5, 5.41) is 5.55. The van der Waals surface area contributed by atoms with E-state index < -0.39 is 0 Å². The van der Waals surface area contributed by atoms with Crippen LogP contribution in [0.4, 0.5) is 17.5 Å². The van der Waals surface area contributed by atoms with E-state index in [0.29, 0.717) is 34.7 Å². The SMILES string of the molecule is CCn1c2ccccc2c2cc(-c3cnc(Nc4c(OC)cc(OC)cc4OC)nc3N)ccc21. The number of hydrogen-bond acceptors (Lipinski definition) is 7. The second-order valence-corrected chi connectivity index (χ2v) is 8.02. The largest absolute Gasteiger partial charge is 0.496 e. The van der Waals surface area contributed by atoms with Crippen LogP contribution in [0.5, 0.6) is 17.2 Å². The molecule has 0 radical (unpaired) electrons. The molecule has 0 spiro atoms. The highest BCUT2D eigenvalue weighted by Gasteiger charge is 2.17. The number of rotatable bonds is 7. The molecule has 35 heavy (non-hydrogen) atoms. The second-order valence-electron chi connectivity index (χ2n) is 8.02. The van der Waals surface area contributed by atoms with Crippen LogP contribution >= 0.6 is 0 Å². The first-order valence-electron chi connectivity index (χ1n) is 11.3. The Hall–Kier alpha value is -4.46. The summed E-state index contributed by atoms with van der Waals surface area (Å²) < 4.78 is 18.6. The molecule has 3 N–H and O–H groups in total. The fourth-order valence-electron chi connectivity index (χ4n) is 4.48. The monoisotopic (exact) mass is 469 g/mol. The maximum Gasteiger partial charge on any atom is 0.229 e. The Labute approximate surface area is 203 Å². The maximum atomic E-state index is 6.40. The fraction of sp³-hybridized carbons (Fsp3) is 0.185. The van der Waals surface area contributed by atoms with Gasteiger partial charge in [-0.25, -0.2) is 4.98 Å². The number of methoxy groups -OCH3 is 3. The van der Waals surface area contributed by atoms with Gasteiger partial charge in [-0.1, -0.05) is 24.3 Å². The number of nitrogens with one attached hydrogen (secondary N) is 1. The minimum absolute atomic E-state index is 0.330. The Morgan fingerprint density at radius 3 is 2.26 bits per heavy atom. The van der Waals surface area contributed by atoms with Crippen LogP contribution in [-0.4, -0.2) is 35.9 Å². The molecule has 0 saturated heterocycles. The van der Waals surface area contributed by atoms with Gasteiger partial charge < -0.3 is 29.8 Å². The van der Waals surface area contributed by atoms with Gasteiger partial charge >= 0.3 is 0 Å². The molecule has 0 atom stereocenters. The summed E-state index contributed by atoms with van der Waals surface area (Å²) >= 11 is 0. The summed E-state index contributed by atoms with van der Waals surface area (Å²) in [5.41, 5.74) is 11.1. The van der Waals surface area contributed by atoms with Crippen molar-refractivity contribution in [1.82, 2.24) is 14.5 Å². The van der Waals surface area contributed by atoms with Gasteiger partial charge in [0.25, 0.3) is 0 Å². The number of fused-ring (bicyclic) bond motifs is 3. The van der Waals surface area contributed by atoms with Crippen LogP contribution in [0.15, 0.2) is 60.8 Å². The Balaban J connectivity index is 1.54. The minimum atomic E-state index is 0.330. The third-order valence-corrected chi connectivity index (χ3v) is 6.17. The van der Waals surface area contributed by atoms with Crippen molar-refractivity contribution >= 4 is 39.3 Å². The van der Waals surface area contributed by atoms with Gasteiger partial charge in [-0.05, 0) is 30.7 Å². The molecular weight excluding hydrogens is 442 g/mol. The summed E-state index contributed by atoms with van der Waals surface area (Å²) in [6.07, 6.45) is 1.73. The summed E-state index contributed by atoms with van der Waals surface area (Å²) in [7, 11) is 4.73. The predicted octanol–water partition coefficient (Wildman–Crippen LogP) is 5.62. The summed E-state index contributed by atoms with van der Waals surface area (Å²) in [5.74, 6) is 2.37. The first kappa shape index (κ1) is 22.3. The molecule has 0 unspecified atom stereocenters. The number of benzene rings is 3. The molecule has 2 heterocycles. The van der Waals surface area contributed by atoms with Gasteiger partial charge in [0.05, 0.1) is 21.3 Å². The van der Waals surface area contributed by atoms with Gasteiger partial charge in [0.2, 0.25) is 5.95 Å². The lowest BCUT2D eigenvalue weighted by Gasteiger charge is -2.16. The van der Waals surface area contributed by atoms with Crippen LogP contribution in [0.3, 0.4) is 0 Å². The third-order valence-electron chi connectivity index (χ3n) is 6.17. The first-order valence-corrected chi connectivity index (χ1v) is 11.3. The van der Waals surface area contributed by atoms with E-state index in [2.05, 4.69) is 69.2 Å².